The zero-order valence-corrected chi connectivity index (χ0v) is 16.9. The van der Waals surface area contributed by atoms with E-state index in [1.807, 2.05) is 0 Å². The maximum absolute atomic E-state index is 11.9. The lowest BCUT2D eigenvalue weighted by molar-refractivity contribution is -0.119. The third-order valence-electron chi connectivity index (χ3n) is 9.16. The van der Waals surface area contributed by atoms with Gasteiger partial charge in [0.05, 0.1) is 0 Å². The average molecular weight is 355 g/mol. The van der Waals surface area contributed by atoms with Crippen molar-refractivity contribution in [2.75, 3.05) is 0 Å². The second-order valence-corrected chi connectivity index (χ2v) is 10.7. The molecule has 0 unspecified atom stereocenters. The summed E-state index contributed by atoms with van der Waals surface area (Å²) < 4.78 is 0. The summed E-state index contributed by atoms with van der Waals surface area (Å²) in [6.07, 6.45) is 15.0. The molecular weight excluding hydrogens is 320 g/mol. The molecule has 0 aromatic carbocycles. The van der Waals surface area contributed by atoms with E-state index in [9.17, 15) is 9.59 Å². The molecule has 4 aliphatic carbocycles. The second kappa shape index (κ2) is 5.91. The van der Waals surface area contributed by atoms with Crippen molar-refractivity contribution in [1.82, 2.24) is 0 Å². The fraction of sp³-hybridized carbons (Fsp3) is 0.750. The van der Waals surface area contributed by atoms with Crippen LogP contribution >= 0.6 is 0 Å². The Morgan fingerprint density at radius 1 is 0.923 bits per heavy atom. The number of carbonyl (C=O) groups is 2. The third-order valence-corrected chi connectivity index (χ3v) is 9.16. The topological polar surface area (TPSA) is 34.1 Å². The summed E-state index contributed by atoms with van der Waals surface area (Å²) in [6.45, 7) is 9.78. The Kier molecular flexibility index (Phi) is 4.13. The highest BCUT2D eigenvalue weighted by atomic mass is 16.1. The predicted octanol–water partition coefficient (Wildman–Crippen LogP) is 5.53. The van der Waals surface area contributed by atoms with Crippen LogP contribution in [-0.4, -0.2) is 12.6 Å². The minimum absolute atomic E-state index is 0.0809. The van der Waals surface area contributed by atoms with Crippen LogP contribution in [0.4, 0.5) is 0 Å². The Hall–Kier alpha value is -1.18. The van der Waals surface area contributed by atoms with Gasteiger partial charge in [-0.3, -0.25) is 4.79 Å². The van der Waals surface area contributed by atoms with Gasteiger partial charge in [-0.15, -0.1) is 0 Å². The monoisotopic (exact) mass is 354 g/mol. The summed E-state index contributed by atoms with van der Waals surface area (Å²) in [6, 6.07) is 0. The molecule has 0 bridgehead atoms. The summed E-state index contributed by atoms with van der Waals surface area (Å²) in [5, 5.41) is 0. The van der Waals surface area contributed by atoms with Crippen LogP contribution in [0.3, 0.4) is 0 Å². The number of rotatable bonds is 2. The zero-order chi connectivity index (χ0) is 18.7. The van der Waals surface area contributed by atoms with E-state index in [-0.39, 0.29) is 11.3 Å². The Morgan fingerprint density at radius 3 is 2.38 bits per heavy atom. The molecule has 2 nitrogen and oxygen atoms in total. The van der Waals surface area contributed by atoms with Crippen molar-refractivity contribution < 1.29 is 9.59 Å². The first-order valence-electron chi connectivity index (χ1n) is 10.6. The Bertz CT molecular complexity index is 684. The van der Waals surface area contributed by atoms with Gasteiger partial charge in [0.25, 0.3) is 0 Å². The van der Waals surface area contributed by atoms with Crippen LogP contribution < -0.4 is 0 Å². The first-order valence-corrected chi connectivity index (χ1v) is 10.6. The van der Waals surface area contributed by atoms with Gasteiger partial charge in [-0.2, -0.15) is 0 Å². The van der Waals surface area contributed by atoms with Gasteiger partial charge in [-0.05, 0) is 78.1 Å². The van der Waals surface area contributed by atoms with Gasteiger partial charge in [0, 0.05) is 5.92 Å². The molecule has 2 saturated carbocycles. The lowest BCUT2D eigenvalue weighted by atomic mass is 9.42. The standard InChI is InChI=1S/C24H34O2/c1-22(2)11-5-12-24(4)19-10-13-23(3)18(17(19)7-9-21(22)24)8-6-16(14-25)20(23)15-26/h6-7,14-15,18-21H,5,8-13H2,1-4H3/t18-,19-,20+,21-,23-,24+/m0/s1. The van der Waals surface area contributed by atoms with Crippen LogP contribution in [0.1, 0.15) is 72.6 Å². The third kappa shape index (κ3) is 2.29. The molecule has 0 amide bonds. The Balaban J connectivity index is 1.76. The van der Waals surface area contributed by atoms with Gasteiger partial charge < -0.3 is 4.79 Å². The van der Waals surface area contributed by atoms with Gasteiger partial charge in [0.2, 0.25) is 0 Å². The minimum atomic E-state index is -0.228. The molecule has 0 spiro atoms. The number of carbonyl (C=O) groups excluding carboxylic acids is 2. The number of fused-ring (bicyclic) bond motifs is 5. The fourth-order valence-corrected chi connectivity index (χ4v) is 7.73. The molecule has 0 saturated heterocycles. The highest BCUT2D eigenvalue weighted by Crippen LogP contribution is 2.66. The summed E-state index contributed by atoms with van der Waals surface area (Å²) >= 11 is 0. The van der Waals surface area contributed by atoms with Crippen LogP contribution in [0.5, 0.6) is 0 Å². The van der Waals surface area contributed by atoms with E-state index in [1.54, 1.807) is 5.57 Å². The SMILES string of the molecule is CC1(C)CCC[C@]2(C)[C@H]3CC[C@]4(C)[C@H](C=O)C(C=O)=CC[C@H]4C3=CC[C@@H]12. The molecule has 2 heteroatoms. The first kappa shape index (κ1) is 18.2. The van der Waals surface area contributed by atoms with Gasteiger partial charge in [0.15, 0.2) is 0 Å². The molecule has 6 atom stereocenters. The van der Waals surface area contributed by atoms with Crippen molar-refractivity contribution in [2.45, 2.75) is 72.6 Å². The van der Waals surface area contributed by atoms with Crippen LogP contribution in [0.25, 0.3) is 0 Å². The van der Waals surface area contributed by atoms with E-state index in [4.69, 9.17) is 0 Å². The maximum atomic E-state index is 11.9. The first-order chi connectivity index (χ1) is 12.3. The smallest absolute Gasteiger partial charge is 0.146 e. The molecule has 142 valence electrons. The van der Waals surface area contributed by atoms with Gasteiger partial charge >= 0.3 is 0 Å². The fourth-order valence-electron chi connectivity index (χ4n) is 7.73. The molecule has 0 heterocycles. The molecule has 4 rings (SSSR count). The summed E-state index contributed by atoms with van der Waals surface area (Å²) in [7, 11) is 0. The van der Waals surface area contributed by atoms with Crippen molar-refractivity contribution in [3.8, 4) is 0 Å². The highest BCUT2D eigenvalue weighted by molar-refractivity contribution is 5.82. The Labute approximate surface area is 158 Å². The van der Waals surface area contributed by atoms with Crippen LogP contribution in [-0.2, 0) is 9.59 Å². The predicted molar refractivity (Wildman–Crippen MR) is 105 cm³/mol. The molecule has 0 aromatic heterocycles. The van der Waals surface area contributed by atoms with E-state index in [0.717, 1.165) is 36.9 Å². The Morgan fingerprint density at radius 2 is 1.69 bits per heavy atom. The summed E-state index contributed by atoms with van der Waals surface area (Å²) in [5.41, 5.74) is 3.10. The van der Waals surface area contributed by atoms with Gasteiger partial charge in [-0.1, -0.05) is 51.8 Å². The number of hydrogen-bond acceptors (Lipinski definition) is 2. The molecule has 2 fully saturated rings. The molecule has 0 N–H and O–H groups in total. The minimum Gasteiger partial charge on any atom is -0.303 e. The molecule has 26 heavy (non-hydrogen) atoms. The van der Waals surface area contributed by atoms with E-state index in [2.05, 4.69) is 39.8 Å². The maximum Gasteiger partial charge on any atom is 0.146 e. The van der Waals surface area contributed by atoms with E-state index >= 15 is 0 Å². The molecule has 0 radical (unpaired) electrons. The largest absolute Gasteiger partial charge is 0.303 e. The zero-order valence-electron chi connectivity index (χ0n) is 16.9. The lowest BCUT2D eigenvalue weighted by Crippen LogP contribution is -2.54. The van der Waals surface area contributed by atoms with Crippen LogP contribution in [0.15, 0.2) is 23.3 Å². The van der Waals surface area contributed by atoms with Gasteiger partial charge in [0.1, 0.15) is 12.6 Å². The van der Waals surface area contributed by atoms with Gasteiger partial charge in [-0.25, -0.2) is 0 Å². The molecule has 4 aliphatic rings. The van der Waals surface area contributed by atoms with Crippen molar-refractivity contribution in [2.24, 2.45) is 39.9 Å². The van der Waals surface area contributed by atoms with E-state index < -0.39 is 0 Å². The number of allylic oxidation sites excluding steroid dienone is 4. The van der Waals surface area contributed by atoms with E-state index in [1.165, 1.54) is 32.1 Å². The van der Waals surface area contributed by atoms with Crippen molar-refractivity contribution in [1.29, 1.82) is 0 Å². The van der Waals surface area contributed by atoms with Crippen LogP contribution in [0, 0.1) is 39.9 Å². The molecule has 0 aromatic rings. The summed E-state index contributed by atoms with van der Waals surface area (Å²) in [4.78, 5) is 23.4. The van der Waals surface area contributed by atoms with Crippen molar-refractivity contribution >= 4 is 12.6 Å². The summed E-state index contributed by atoms with van der Waals surface area (Å²) in [5.74, 6) is 1.64. The lowest BCUT2D eigenvalue weighted by Gasteiger charge is -2.62. The average Bonchev–Trinajstić information content (AvgIpc) is 2.59. The second-order valence-electron chi connectivity index (χ2n) is 10.7. The quantitative estimate of drug-likeness (QED) is 0.483. The molecular formula is C24H34O2. The van der Waals surface area contributed by atoms with Crippen molar-refractivity contribution in [3.05, 3.63) is 23.3 Å². The van der Waals surface area contributed by atoms with E-state index in [0.29, 0.717) is 22.7 Å². The normalized spacial score (nSPS) is 46.8. The van der Waals surface area contributed by atoms with Crippen molar-refractivity contribution in [3.63, 3.8) is 0 Å². The highest BCUT2D eigenvalue weighted by Gasteiger charge is 2.58. The van der Waals surface area contributed by atoms with Crippen LogP contribution in [0.2, 0.25) is 0 Å². The molecule has 0 aliphatic heterocycles. The number of aldehydes is 2. The number of hydrogen-bond donors (Lipinski definition) is 0.